The lowest BCUT2D eigenvalue weighted by Crippen LogP contribution is -2.23. The number of halogens is 1. The van der Waals surface area contributed by atoms with Gasteiger partial charge in [0.25, 0.3) is 5.91 Å². The zero-order chi connectivity index (χ0) is 18.2. The van der Waals surface area contributed by atoms with Gasteiger partial charge in [-0.05, 0) is 47.5 Å². The zero-order valence-corrected chi connectivity index (χ0v) is 16.3. The molecule has 1 N–H and O–H groups in total. The van der Waals surface area contributed by atoms with Gasteiger partial charge in [0.05, 0.1) is 4.91 Å². The van der Waals surface area contributed by atoms with E-state index < -0.39 is 0 Å². The van der Waals surface area contributed by atoms with Gasteiger partial charge in [-0.2, -0.15) is 0 Å². The molecule has 0 unspecified atom stereocenters. The van der Waals surface area contributed by atoms with Crippen LogP contribution in [0.1, 0.15) is 11.1 Å². The monoisotopic (exact) mass is 424 g/mol. The predicted molar refractivity (Wildman–Crippen MR) is 111 cm³/mol. The average Bonchev–Trinajstić information content (AvgIpc) is 2.69. The number of carbonyl (C=O) groups is 1. The molecule has 3 aromatic rings. The van der Waals surface area contributed by atoms with Crippen LogP contribution in [0.3, 0.4) is 0 Å². The summed E-state index contributed by atoms with van der Waals surface area (Å²) >= 11 is 4.89. The number of nitrogens with zero attached hydrogens (tertiary/aromatic N) is 1. The van der Waals surface area contributed by atoms with E-state index in [9.17, 15) is 4.79 Å². The Morgan fingerprint density at radius 3 is 2.50 bits per heavy atom. The van der Waals surface area contributed by atoms with Crippen molar-refractivity contribution in [3.63, 3.8) is 0 Å². The molecule has 3 nitrogen and oxygen atoms in total. The molecular weight excluding hydrogens is 408 g/mol. The van der Waals surface area contributed by atoms with Crippen LogP contribution >= 0.6 is 27.7 Å². The normalized spacial score (nSPS) is 11.2. The lowest BCUT2D eigenvalue weighted by atomic mass is 10.2. The van der Waals surface area contributed by atoms with Gasteiger partial charge in [0.15, 0.2) is 0 Å². The van der Waals surface area contributed by atoms with E-state index in [1.54, 1.807) is 12.4 Å². The molecule has 0 bridgehead atoms. The Balaban J connectivity index is 1.79. The number of carbonyl (C=O) groups excluding carboxylic acids is 1. The van der Waals surface area contributed by atoms with Crippen LogP contribution in [0.15, 0.2) is 93.4 Å². The van der Waals surface area contributed by atoms with Crippen LogP contribution in [0.25, 0.3) is 6.08 Å². The van der Waals surface area contributed by atoms with Crippen molar-refractivity contribution in [3.05, 3.63) is 99.6 Å². The summed E-state index contributed by atoms with van der Waals surface area (Å²) in [4.78, 5) is 18.5. The van der Waals surface area contributed by atoms with Crippen LogP contribution in [-0.4, -0.2) is 10.9 Å². The van der Waals surface area contributed by atoms with E-state index >= 15 is 0 Å². The molecule has 0 atom stereocenters. The Hall–Kier alpha value is -2.37. The van der Waals surface area contributed by atoms with Gasteiger partial charge in [0.1, 0.15) is 0 Å². The van der Waals surface area contributed by atoms with Gasteiger partial charge in [-0.15, -0.1) is 0 Å². The number of nitrogens with one attached hydrogen (secondary N) is 1. The van der Waals surface area contributed by atoms with Gasteiger partial charge < -0.3 is 5.32 Å². The van der Waals surface area contributed by atoms with Gasteiger partial charge >= 0.3 is 0 Å². The second kappa shape index (κ2) is 9.36. The molecule has 0 aliphatic rings. The van der Waals surface area contributed by atoms with Crippen molar-refractivity contribution < 1.29 is 4.79 Å². The molecule has 130 valence electrons. The van der Waals surface area contributed by atoms with Gasteiger partial charge in [-0.25, -0.2) is 0 Å². The third-order valence-corrected chi connectivity index (χ3v) is 5.10. The molecule has 26 heavy (non-hydrogen) atoms. The van der Waals surface area contributed by atoms with E-state index in [0.717, 1.165) is 20.5 Å². The first-order chi connectivity index (χ1) is 12.7. The molecule has 0 aliphatic carbocycles. The molecule has 0 spiro atoms. The first-order valence-electron chi connectivity index (χ1n) is 8.08. The Morgan fingerprint density at radius 2 is 1.81 bits per heavy atom. The van der Waals surface area contributed by atoms with Gasteiger partial charge in [0.2, 0.25) is 0 Å². The average molecular weight is 425 g/mol. The summed E-state index contributed by atoms with van der Waals surface area (Å²) in [5.74, 6) is -0.106. The fourth-order valence-corrected chi connectivity index (χ4v) is 3.41. The zero-order valence-electron chi connectivity index (χ0n) is 13.9. The van der Waals surface area contributed by atoms with Crippen LogP contribution in [0.4, 0.5) is 0 Å². The number of amides is 1. The van der Waals surface area contributed by atoms with Gasteiger partial charge in [-0.1, -0.05) is 64.1 Å². The summed E-state index contributed by atoms with van der Waals surface area (Å²) < 4.78 is 1.01. The van der Waals surface area contributed by atoms with Crippen molar-refractivity contribution in [2.75, 3.05) is 0 Å². The largest absolute Gasteiger partial charge is 0.347 e. The highest BCUT2D eigenvalue weighted by molar-refractivity contribution is 9.10. The highest BCUT2D eigenvalue weighted by Crippen LogP contribution is 2.28. The van der Waals surface area contributed by atoms with Crippen LogP contribution in [0.2, 0.25) is 0 Å². The molecule has 0 fully saturated rings. The van der Waals surface area contributed by atoms with Crippen LogP contribution in [-0.2, 0) is 11.3 Å². The number of thioether (sulfide) groups is 1. The Bertz CT molecular complexity index is 881. The Morgan fingerprint density at radius 1 is 1.04 bits per heavy atom. The predicted octanol–water partition coefficient (Wildman–Crippen LogP) is 5.29. The first-order valence-corrected chi connectivity index (χ1v) is 9.69. The quantitative estimate of drug-likeness (QED) is 0.431. The second-order valence-electron chi connectivity index (χ2n) is 5.52. The number of hydrogen-bond acceptors (Lipinski definition) is 3. The summed E-state index contributed by atoms with van der Waals surface area (Å²) in [6.07, 6.45) is 5.38. The minimum atomic E-state index is -0.106. The molecule has 1 amide bonds. The van der Waals surface area contributed by atoms with Crippen molar-refractivity contribution in [2.24, 2.45) is 0 Å². The lowest BCUT2D eigenvalue weighted by Gasteiger charge is -2.09. The maximum absolute atomic E-state index is 12.8. The maximum atomic E-state index is 12.8. The minimum Gasteiger partial charge on any atom is -0.347 e. The number of aromatic nitrogens is 1. The van der Waals surface area contributed by atoms with Gasteiger partial charge in [0, 0.05) is 28.3 Å². The van der Waals surface area contributed by atoms with Crippen LogP contribution in [0, 0.1) is 0 Å². The van der Waals surface area contributed by atoms with Crippen molar-refractivity contribution >= 4 is 39.7 Å². The number of hydrogen-bond donors (Lipinski definition) is 1. The van der Waals surface area contributed by atoms with Gasteiger partial charge in [-0.3, -0.25) is 9.78 Å². The topological polar surface area (TPSA) is 42.0 Å². The Kier molecular flexibility index (Phi) is 6.63. The van der Waals surface area contributed by atoms with E-state index in [1.807, 2.05) is 72.8 Å². The van der Waals surface area contributed by atoms with Crippen LogP contribution in [0.5, 0.6) is 0 Å². The smallest absolute Gasteiger partial charge is 0.258 e. The first kappa shape index (κ1) is 18.4. The summed E-state index contributed by atoms with van der Waals surface area (Å²) in [6.45, 7) is 0.444. The number of rotatable bonds is 6. The SMILES string of the molecule is O=C(NCc1cccnc1)/C(=C\c1ccc(Br)cc1)Sc1ccccc1. The van der Waals surface area contributed by atoms with Crippen LogP contribution < -0.4 is 5.32 Å². The minimum absolute atomic E-state index is 0.106. The molecule has 0 saturated heterocycles. The molecule has 1 aromatic heterocycles. The van der Waals surface area contributed by atoms with E-state index in [-0.39, 0.29) is 5.91 Å². The molecule has 3 rings (SSSR count). The second-order valence-corrected chi connectivity index (χ2v) is 7.55. The maximum Gasteiger partial charge on any atom is 0.258 e. The number of pyridine rings is 1. The molecule has 2 aromatic carbocycles. The Labute approximate surface area is 165 Å². The van der Waals surface area contributed by atoms with E-state index in [1.165, 1.54) is 11.8 Å². The molecule has 0 aliphatic heterocycles. The molecule has 5 heteroatoms. The summed E-state index contributed by atoms with van der Waals surface area (Å²) in [5.41, 5.74) is 1.94. The van der Waals surface area contributed by atoms with E-state index in [2.05, 4.69) is 26.2 Å². The highest BCUT2D eigenvalue weighted by Gasteiger charge is 2.11. The van der Waals surface area contributed by atoms with Crippen molar-refractivity contribution in [3.8, 4) is 0 Å². The third-order valence-electron chi connectivity index (χ3n) is 3.54. The molecule has 0 saturated carbocycles. The number of benzene rings is 2. The lowest BCUT2D eigenvalue weighted by molar-refractivity contribution is -0.116. The molecule has 0 radical (unpaired) electrons. The summed E-state index contributed by atoms with van der Waals surface area (Å²) in [7, 11) is 0. The fraction of sp³-hybridized carbons (Fsp3) is 0.0476. The standard InChI is InChI=1S/C21H17BrN2OS/c22-18-10-8-16(9-11-18)13-20(26-19-6-2-1-3-7-19)21(25)24-15-17-5-4-12-23-14-17/h1-14H,15H2,(H,24,25)/b20-13+. The fourth-order valence-electron chi connectivity index (χ4n) is 2.24. The van der Waals surface area contributed by atoms with Crippen molar-refractivity contribution in [1.29, 1.82) is 0 Å². The highest BCUT2D eigenvalue weighted by atomic mass is 79.9. The van der Waals surface area contributed by atoms with Crippen molar-refractivity contribution in [2.45, 2.75) is 11.4 Å². The summed E-state index contributed by atoms with van der Waals surface area (Å²) in [6, 6.07) is 21.6. The van der Waals surface area contributed by atoms with E-state index in [4.69, 9.17) is 0 Å². The third kappa shape index (κ3) is 5.58. The van der Waals surface area contributed by atoms with E-state index in [0.29, 0.717) is 11.4 Å². The molecular formula is C21H17BrN2OS. The molecule has 1 heterocycles. The summed E-state index contributed by atoms with van der Waals surface area (Å²) in [5, 5.41) is 2.97. The van der Waals surface area contributed by atoms with Crippen molar-refractivity contribution in [1.82, 2.24) is 10.3 Å².